The number of carboxylic acid groups (broad SMARTS) is 1. The summed E-state index contributed by atoms with van der Waals surface area (Å²) in [4.78, 5) is 11.5. The molecule has 1 atom stereocenters. The highest BCUT2D eigenvalue weighted by molar-refractivity contribution is 5.70. The van der Waals surface area contributed by atoms with Gasteiger partial charge in [0, 0.05) is 19.2 Å². The monoisotopic (exact) mass is 288 g/mol. The normalized spacial score (nSPS) is 12.1. The lowest BCUT2D eigenvalue weighted by Gasteiger charge is -2.13. The van der Waals surface area contributed by atoms with E-state index in [1.54, 1.807) is 11.8 Å². The van der Waals surface area contributed by atoms with Crippen molar-refractivity contribution < 1.29 is 14.6 Å². The van der Waals surface area contributed by atoms with Crippen LogP contribution in [0.15, 0.2) is 30.3 Å². The maximum Gasteiger partial charge on any atom is 0.307 e. The Bertz CT molecular complexity index is 617. The average molecular weight is 288 g/mol. The molecule has 0 aliphatic carbocycles. The third-order valence-electron chi connectivity index (χ3n) is 3.54. The third kappa shape index (κ3) is 3.84. The molecule has 112 valence electrons. The highest BCUT2D eigenvalue weighted by Gasteiger charge is 2.20. The van der Waals surface area contributed by atoms with Crippen LogP contribution in [0.2, 0.25) is 0 Å². The van der Waals surface area contributed by atoms with E-state index in [9.17, 15) is 9.90 Å². The Kier molecular flexibility index (Phi) is 4.62. The van der Waals surface area contributed by atoms with Gasteiger partial charge < -0.3 is 9.84 Å². The molecule has 2 rings (SSSR count). The Morgan fingerprint density at radius 1 is 1.33 bits per heavy atom. The first-order valence-electron chi connectivity index (χ1n) is 6.85. The lowest BCUT2D eigenvalue weighted by atomic mass is 9.94. The van der Waals surface area contributed by atoms with E-state index in [0.717, 1.165) is 22.7 Å². The lowest BCUT2D eigenvalue weighted by Crippen LogP contribution is -2.20. The number of carbonyl (C=O) groups is 1. The second kappa shape index (κ2) is 6.43. The smallest absolute Gasteiger partial charge is 0.307 e. The molecule has 0 bridgehead atoms. The first-order chi connectivity index (χ1) is 9.99. The zero-order chi connectivity index (χ0) is 15.4. The molecule has 1 heterocycles. The summed E-state index contributed by atoms with van der Waals surface area (Å²) in [5, 5.41) is 13.7. The van der Waals surface area contributed by atoms with Crippen molar-refractivity contribution in [3.05, 3.63) is 47.3 Å². The van der Waals surface area contributed by atoms with Gasteiger partial charge in [-0.05, 0) is 37.1 Å². The summed E-state index contributed by atoms with van der Waals surface area (Å²) >= 11 is 0. The first kappa shape index (κ1) is 15.1. The molecule has 0 saturated heterocycles. The molecule has 1 aromatic carbocycles. The van der Waals surface area contributed by atoms with E-state index in [1.807, 2.05) is 44.3 Å². The molecule has 2 aromatic rings. The lowest BCUT2D eigenvalue weighted by molar-refractivity contribution is -0.141. The predicted molar refractivity (Wildman–Crippen MR) is 79.5 cm³/mol. The molecule has 0 radical (unpaired) electrons. The number of aliphatic carboxylic acids is 1. The van der Waals surface area contributed by atoms with Crippen molar-refractivity contribution in [2.24, 2.45) is 13.0 Å². The van der Waals surface area contributed by atoms with E-state index in [2.05, 4.69) is 5.10 Å². The minimum Gasteiger partial charge on any atom is -0.497 e. The zero-order valence-corrected chi connectivity index (χ0v) is 12.5. The number of benzene rings is 1. The zero-order valence-electron chi connectivity index (χ0n) is 12.5. The van der Waals surface area contributed by atoms with Crippen molar-refractivity contribution in [2.75, 3.05) is 7.11 Å². The predicted octanol–water partition coefficient (Wildman–Crippen LogP) is 2.22. The van der Waals surface area contributed by atoms with Gasteiger partial charge in [0.2, 0.25) is 0 Å². The Balaban J connectivity index is 2.11. The molecule has 0 spiro atoms. The summed E-state index contributed by atoms with van der Waals surface area (Å²) < 4.78 is 6.86. The summed E-state index contributed by atoms with van der Waals surface area (Å²) in [7, 11) is 3.45. The van der Waals surface area contributed by atoms with E-state index in [4.69, 9.17) is 4.74 Å². The first-order valence-corrected chi connectivity index (χ1v) is 6.85. The van der Waals surface area contributed by atoms with E-state index in [-0.39, 0.29) is 0 Å². The van der Waals surface area contributed by atoms with Crippen LogP contribution in [-0.2, 0) is 24.7 Å². The Hall–Kier alpha value is -2.30. The molecule has 0 aliphatic heterocycles. The summed E-state index contributed by atoms with van der Waals surface area (Å²) in [5.41, 5.74) is 2.83. The van der Waals surface area contributed by atoms with Crippen LogP contribution in [0.4, 0.5) is 0 Å². The molecule has 0 aliphatic rings. The number of aromatic nitrogens is 2. The summed E-state index contributed by atoms with van der Waals surface area (Å²) in [6, 6.07) is 9.45. The van der Waals surface area contributed by atoms with E-state index >= 15 is 0 Å². The van der Waals surface area contributed by atoms with Crippen molar-refractivity contribution in [1.82, 2.24) is 9.78 Å². The van der Waals surface area contributed by atoms with Crippen molar-refractivity contribution >= 4 is 5.97 Å². The van der Waals surface area contributed by atoms with Crippen LogP contribution in [0.5, 0.6) is 5.75 Å². The second-order valence-corrected chi connectivity index (χ2v) is 5.19. The molecule has 1 N–H and O–H groups in total. The van der Waals surface area contributed by atoms with Gasteiger partial charge in [0.1, 0.15) is 5.75 Å². The number of aryl methyl sites for hydroxylation is 2. The van der Waals surface area contributed by atoms with Crippen molar-refractivity contribution in [2.45, 2.75) is 19.8 Å². The molecule has 1 unspecified atom stereocenters. The van der Waals surface area contributed by atoms with E-state index in [1.165, 1.54) is 0 Å². The maximum absolute atomic E-state index is 11.5. The van der Waals surface area contributed by atoms with Crippen LogP contribution in [0.25, 0.3) is 0 Å². The summed E-state index contributed by atoms with van der Waals surface area (Å²) in [5.74, 6) is -0.481. The number of rotatable bonds is 6. The van der Waals surface area contributed by atoms with Crippen LogP contribution < -0.4 is 4.74 Å². The molecule has 1 aromatic heterocycles. The topological polar surface area (TPSA) is 64.4 Å². The van der Waals surface area contributed by atoms with Gasteiger partial charge >= 0.3 is 5.97 Å². The number of carboxylic acids is 1. The Morgan fingerprint density at radius 2 is 2.00 bits per heavy atom. The molecule has 0 amide bonds. The van der Waals surface area contributed by atoms with Crippen LogP contribution in [0.1, 0.15) is 17.0 Å². The van der Waals surface area contributed by atoms with Crippen molar-refractivity contribution in [3.8, 4) is 5.75 Å². The van der Waals surface area contributed by atoms with Gasteiger partial charge in [-0.15, -0.1) is 0 Å². The van der Waals surface area contributed by atoms with Crippen LogP contribution in [0.3, 0.4) is 0 Å². The molecule has 0 saturated carbocycles. The fourth-order valence-corrected chi connectivity index (χ4v) is 2.40. The van der Waals surface area contributed by atoms with Gasteiger partial charge in [0.05, 0.1) is 18.7 Å². The Morgan fingerprint density at radius 3 is 2.48 bits per heavy atom. The summed E-state index contributed by atoms with van der Waals surface area (Å²) in [6.07, 6.45) is 0.961. The van der Waals surface area contributed by atoms with E-state index in [0.29, 0.717) is 12.8 Å². The SMILES string of the molecule is COc1ccc(CC(Cc2cc(C)nn2C)C(=O)O)cc1. The number of hydrogen-bond acceptors (Lipinski definition) is 3. The number of hydrogen-bond donors (Lipinski definition) is 1. The van der Waals surface area contributed by atoms with Crippen molar-refractivity contribution in [3.63, 3.8) is 0 Å². The highest BCUT2D eigenvalue weighted by atomic mass is 16.5. The molecular weight excluding hydrogens is 268 g/mol. The molecule has 0 fully saturated rings. The fourth-order valence-electron chi connectivity index (χ4n) is 2.40. The largest absolute Gasteiger partial charge is 0.497 e. The van der Waals surface area contributed by atoms with Gasteiger partial charge in [0.25, 0.3) is 0 Å². The highest BCUT2D eigenvalue weighted by Crippen LogP contribution is 2.18. The number of ether oxygens (including phenoxy) is 1. The average Bonchev–Trinajstić information content (AvgIpc) is 2.77. The van der Waals surface area contributed by atoms with E-state index < -0.39 is 11.9 Å². The standard InChI is InChI=1S/C16H20N2O3/c1-11-8-14(18(2)17-11)10-13(16(19)20)9-12-4-6-15(21-3)7-5-12/h4-8,13H,9-10H2,1-3H3,(H,19,20). The van der Waals surface area contributed by atoms with Gasteiger partial charge in [-0.2, -0.15) is 5.10 Å². The molecule has 5 heteroatoms. The minimum atomic E-state index is -0.787. The molecular formula is C16H20N2O3. The number of methoxy groups -OCH3 is 1. The van der Waals surface area contributed by atoms with Gasteiger partial charge in [-0.25, -0.2) is 0 Å². The second-order valence-electron chi connectivity index (χ2n) is 5.19. The molecule has 21 heavy (non-hydrogen) atoms. The van der Waals surface area contributed by atoms with Gasteiger partial charge in [0.15, 0.2) is 0 Å². The van der Waals surface area contributed by atoms with Crippen molar-refractivity contribution in [1.29, 1.82) is 0 Å². The third-order valence-corrected chi connectivity index (χ3v) is 3.54. The fraction of sp³-hybridized carbons (Fsp3) is 0.375. The van der Waals surface area contributed by atoms with Gasteiger partial charge in [-0.1, -0.05) is 12.1 Å². The van der Waals surface area contributed by atoms with Crippen LogP contribution >= 0.6 is 0 Å². The summed E-state index contributed by atoms with van der Waals surface area (Å²) in [6.45, 7) is 1.91. The quantitative estimate of drug-likeness (QED) is 0.885. The maximum atomic E-state index is 11.5. The molecule has 5 nitrogen and oxygen atoms in total. The number of nitrogens with zero attached hydrogens (tertiary/aromatic N) is 2. The minimum absolute atomic E-state index is 0.465. The Labute approximate surface area is 124 Å². The van der Waals surface area contributed by atoms with Gasteiger partial charge in [-0.3, -0.25) is 9.48 Å². The van der Waals surface area contributed by atoms with Crippen LogP contribution in [-0.4, -0.2) is 28.0 Å². The van der Waals surface area contributed by atoms with Crippen LogP contribution in [0, 0.1) is 12.8 Å².